The van der Waals surface area contributed by atoms with Crippen LogP contribution in [0.3, 0.4) is 0 Å². The van der Waals surface area contributed by atoms with Crippen molar-refractivity contribution in [2.45, 2.75) is 52.6 Å². The maximum Gasteiger partial charge on any atom is 0.00414 e. The first-order chi connectivity index (χ1) is 5.11. The molecule has 0 bridgehead atoms. The van der Waals surface area contributed by atoms with Gasteiger partial charge in [-0.1, -0.05) is 0 Å². The summed E-state index contributed by atoms with van der Waals surface area (Å²) in [6.45, 7) is 10.5. The molecule has 1 saturated carbocycles. The lowest BCUT2D eigenvalue weighted by Gasteiger charge is -2.30. The fourth-order valence-electron chi connectivity index (χ4n) is 1.62. The largest absolute Gasteiger partial charge is 0.298 e. The van der Waals surface area contributed by atoms with Gasteiger partial charge in [-0.3, -0.25) is 4.90 Å². The average Bonchev–Trinajstić information content (AvgIpc) is 2.63. The Morgan fingerprint density at radius 3 is 1.82 bits per heavy atom. The molecule has 1 heteroatoms. The molecule has 0 spiro atoms. The fourth-order valence-corrected chi connectivity index (χ4v) is 1.62. The van der Waals surface area contributed by atoms with E-state index < -0.39 is 0 Å². The van der Waals surface area contributed by atoms with Gasteiger partial charge >= 0.3 is 0 Å². The van der Waals surface area contributed by atoms with Crippen molar-refractivity contribution in [3.05, 3.63) is 0 Å². The monoisotopic (exact) mass is 155 g/mol. The molecular weight excluding hydrogens is 134 g/mol. The van der Waals surface area contributed by atoms with E-state index in [2.05, 4.69) is 32.6 Å². The average molecular weight is 155 g/mol. The Morgan fingerprint density at radius 1 is 1.09 bits per heavy atom. The molecule has 0 amide bonds. The topological polar surface area (TPSA) is 3.24 Å². The van der Waals surface area contributed by atoms with Gasteiger partial charge in [0.1, 0.15) is 0 Å². The van der Waals surface area contributed by atoms with E-state index in [1.807, 2.05) is 0 Å². The summed E-state index contributed by atoms with van der Waals surface area (Å²) >= 11 is 0. The van der Waals surface area contributed by atoms with Crippen molar-refractivity contribution in [1.29, 1.82) is 0 Å². The van der Waals surface area contributed by atoms with Crippen molar-refractivity contribution < 1.29 is 0 Å². The first-order valence-electron chi connectivity index (χ1n) is 4.87. The molecule has 0 aromatic carbocycles. The number of rotatable bonds is 4. The summed E-state index contributed by atoms with van der Waals surface area (Å²) in [5.41, 5.74) is 0. The van der Waals surface area contributed by atoms with Gasteiger partial charge in [-0.05, 0) is 46.5 Å². The van der Waals surface area contributed by atoms with E-state index in [1.54, 1.807) is 0 Å². The van der Waals surface area contributed by atoms with Gasteiger partial charge in [0.2, 0.25) is 0 Å². The van der Waals surface area contributed by atoms with E-state index in [0.29, 0.717) is 0 Å². The third kappa shape index (κ3) is 2.82. The third-order valence-electron chi connectivity index (χ3n) is 2.49. The molecule has 1 nitrogen and oxygen atoms in total. The van der Waals surface area contributed by atoms with Gasteiger partial charge in [0.15, 0.2) is 0 Å². The summed E-state index contributed by atoms with van der Waals surface area (Å²) in [7, 11) is 0. The second kappa shape index (κ2) is 3.57. The van der Waals surface area contributed by atoms with E-state index >= 15 is 0 Å². The van der Waals surface area contributed by atoms with Crippen LogP contribution in [0.4, 0.5) is 0 Å². The molecule has 11 heavy (non-hydrogen) atoms. The Balaban J connectivity index is 2.31. The van der Waals surface area contributed by atoms with E-state index in [1.165, 1.54) is 19.4 Å². The van der Waals surface area contributed by atoms with Crippen LogP contribution in [0.5, 0.6) is 0 Å². The summed E-state index contributed by atoms with van der Waals surface area (Å²) in [4.78, 5) is 2.59. The fraction of sp³-hybridized carbons (Fsp3) is 1.00. The van der Waals surface area contributed by atoms with Crippen LogP contribution in [0.2, 0.25) is 0 Å². The van der Waals surface area contributed by atoms with Crippen molar-refractivity contribution in [2.24, 2.45) is 5.92 Å². The molecule has 0 radical (unpaired) electrons. The Morgan fingerprint density at radius 2 is 1.55 bits per heavy atom. The smallest absolute Gasteiger partial charge is 0.00414 e. The molecule has 0 unspecified atom stereocenters. The lowest BCUT2D eigenvalue weighted by Crippen LogP contribution is -2.38. The highest BCUT2D eigenvalue weighted by molar-refractivity contribution is 4.80. The Bertz CT molecular complexity index is 106. The maximum absolute atomic E-state index is 2.59. The molecule has 0 aliphatic heterocycles. The Labute approximate surface area is 70.8 Å². The van der Waals surface area contributed by atoms with Crippen LogP contribution in [0.1, 0.15) is 40.5 Å². The normalized spacial score (nSPS) is 18.8. The van der Waals surface area contributed by atoms with Crippen LogP contribution in [0.25, 0.3) is 0 Å². The van der Waals surface area contributed by atoms with Gasteiger partial charge < -0.3 is 0 Å². The van der Waals surface area contributed by atoms with Gasteiger partial charge in [0.25, 0.3) is 0 Å². The number of hydrogen-bond acceptors (Lipinski definition) is 1. The number of nitrogens with zero attached hydrogens (tertiary/aromatic N) is 1. The third-order valence-corrected chi connectivity index (χ3v) is 2.49. The van der Waals surface area contributed by atoms with E-state index in [9.17, 15) is 0 Å². The highest BCUT2D eigenvalue weighted by atomic mass is 15.2. The second-order valence-corrected chi connectivity index (χ2v) is 4.33. The van der Waals surface area contributed by atoms with Crippen LogP contribution in [-0.2, 0) is 0 Å². The van der Waals surface area contributed by atoms with Crippen molar-refractivity contribution in [1.82, 2.24) is 4.90 Å². The highest BCUT2D eigenvalue weighted by Crippen LogP contribution is 2.30. The summed E-state index contributed by atoms with van der Waals surface area (Å²) in [6.07, 6.45) is 2.94. The van der Waals surface area contributed by atoms with Gasteiger partial charge in [-0.2, -0.15) is 0 Å². The Kier molecular flexibility index (Phi) is 2.94. The van der Waals surface area contributed by atoms with E-state index in [-0.39, 0.29) is 0 Å². The molecule has 0 aromatic rings. The predicted molar refractivity (Wildman–Crippen MR) is 49.7 cm³/mol. The summed E-state index contributed by atoms with van der Waals surface area (Å²) < 4.78 is 0. The number of hydrogen-bond donors (Lipinski definition) is 0. The molecule has 66 valence electrons. The SMILES string of the molecule is CC(C)N(CC1CC1)C(C)C. The molecule has 1 rings (SSSR count). The summed E-state index contributed by atoms with van der Waals surface area (Å²) in [5, 5.41) is 0. The minimum atomic E-state index is 0.718. The minimum Gasteiger partial charge on any atom is -0.298 e. The van der Waals surface area contributed by atoms with Crippen molar-refractivity contribution in [3.63, 3.8) is 0 Å². The summed E-state index contributed by atoms with van der Waals surface area (Å²) in [5.74, 6) is 1.03. The molecular formula is C10H21N. The van der Waals surface area contributed by atoms with Gasteiger partial charge in [-0.15, -0.1) is 0 Å². The van der Waals surface area contributed by atoms with Gasteiger partial charge in [0, 0.05) is 18.6 Å². The zero-order valence-corrected chi connectivity index (χ0v) is 8.30. The first-order valence-corrected chi connectivity index (χ1v) is 4.87. The highest BCUT2D eigenvalue weighted by Gasteiger charge is 2.26. The lowest BCUT2D eigenvalue weighted by molar-refractivity contribution is 0.167. The standard InChI is InChI=1S/C10H21N/c1-8(2)11(9(3)4)7-10-5-6-10/h8-10H,5-7H2,1-4H3. The predicted octanol–water partition coefficient (Wildman–Crippen LogP) is 2.52. The molecule has 1 fully saturated rings. The van der Waals surface area contributed by atoms with Crippen LogP contribution >= 0.6 is 0 Å². The Hall–Kier alpha value is -0.0400. The maximum atomic E-state index is 2.59. The minimum absolute atomic E-state index is 0.718. The molecule has 0 saturated heterocycles. The zero-order valence-electron chi connectivity index (χ0n) is 8.30. The van der Waals surface area contributed by atoms with Crippen molar-refractivity contribution in [2.75, 3.05) is 6.54 Å². The van der Waals surface area contributed by atoms with Gasteiger partial charge in [-0.25, -0.2) is 0 Å². The lowest BCUT2D eigenvalue weighted by atomic mass is 10.2. The van der Waals surface area contributed by atoms with Crippen LogP contribution < -0.4 is 0 Å². The quantitative estimate of drug-likeness (QED) is 0.603. The first kappa shape index (κ1) is 9.05. The van der Waals surface area contributed by atoms with E-state index in [4.69, 9.17) is 0 Å². The van der Waals surface area contributed by atoms with Crippen LogP contribution in [-0.4, -0.2) is 23.5 Å². The molecule has 0 atom stereocenters. The molecule has 1 aliphatic rings. The molecule has 0 heterocycles. The molecule has 1 aliphatic carbocycles. The van der Waals surface area contributed by atoms with Crippen LogP contribution in [0, 0.1) is 5.92 Å². The molecule has 0 N–H and O–H groups in total. The van der Waals surface area contributed by atoms with Crippen molar-refractivity contribution >= 4 is 0 Å². The van der Waals surface area contributed by atoms with Gasteiger partial charge in [0.05, 0.1) is 0 Å². The molecule has 0 aromatic heterocycles. The van der Waals surface area contributed by atoms with Crippen LogP contribution in [0.15, 0.2) is 0 Å². The zero-order chi connectivity index (χ0) is 8.43. The second-order valence-electron chi connectivity index (χ2n) is 4.33. The van der Waals surface area contributed by atoms with Crippen molar-refractivity contribution in [3.8, 4) is 0 Å². The van der Waals surface area contributed by atoms with E-state index in [0.717, 1.165) is 18.0 Å². The summed E-state index contributed by atoms with van der Waals surface area (Å²) in [6, 6.07) is 1.44.